The third-order valence-electron chi connectivity index (χ3n) is 5.96. The molecule has 1 heterocycles. The predicted octanol–water partition coefficient (Wildman–Crippen LogP) is 5.79. The lowest BCUT2D eigenvalue weighted by Gasteiger charge is -2.52. The Morgan fingerprint density at radius 2 is 1.20 bits per heavy atom. The Morgan fingerprint density at radius 3 is 1.52 bits per heavy atom. The van der Waals surface area contributed by atoms with Gasteiger partial charge in [0, 0.05) is 34.0 Å². The van der Waals surface area contributed by atoms with Crippen LogP contribution in [0.5, 0.6) is 0 Å². The van der Waals surface area contributed by atoms with Gasteiger partial charge in [0.15, 0.2) is 0 Å². The van der Waals surface area contributed by atoms with Crippen molar-refractivity contribution in [3.8, 4) is 0 Å². The van der Waals surface area contributed by atoms with E-state index in [0.717, 1.165) is 21.2 Å². The van der Waals surface area contributed by atoms with Crippen molar-refractivity contribution in [1.82, 2.24) is 5.32 Å². The van der Waals surface area contributed by atoms with Gasteiger partial charge in [0.1, 0.15) is 0 Å². The lowest BCUT2D eigenvalue weighted by Crippen LogP contribution is -2.57. The van der Waals surface area contributed by atoms with Crippen molar-refractivity contribution in [2.45, 2.75) is 44.9 Å². The third-order valence-corrected chi connectivity index (χ3v) is 6.46. The molecule has 25 heavy (non-hydrogen) atoms. The predicted molar refractivity (Wildman–Crippen MR) is 105 cm³/mol. The quantitative estimate of drug-likeness (QED) is 0.708. The summed E-state index contributed by atoms with van der Waals surface area (Å²) in [5.41, 5.74) is 1.55. The van der Waals surface area contributed by atoms with Crippen molar-refractivity contribution in [1.29, 1.82) is 0 Å². The summed E-state index contributed by atoms with van der Waals surface area (Å²) in [4.78, 5) is 0. The molecule has 0 bridgehead atoms. The summed E-state index contributed by atoms with van der Waals surface area (Å²) in [5, 5.41) is 16.7. The minimum Gasteiger partial charge on any atom is -0.389 e. The van der Waals surface area contributed by atoms with Crippen LogP contribution in [0, 0.1) is 11.8 Å². The van der Waals surface area contributed by atoms with Gasteiger partial charge in [-0.2, -0.15) is 0 Å². The van der Waals surface area contributed by atoms with E-state index in [1.54, 1.807) is 0 Å². The average Bonchev–Trinajstić information content (AvgIpc) is 2.62. The van der Waals surface area contributed by atoms with Crippen LogP contribution >= 0.6 is 23.2 Å². The van der Waals surface area contributed by atoms with E-state index < -0.39 is 5.60 Å². The molecule has 5 atom stereocenters. The highest BCUT2D eigenvalue weighted by molar-refractivity contribution is 6.30. The van der Waals surface area contributed by atoms with Crippen LogP contribution < -0.4 is 5.32 Å². The zero-order chi connectivity index (χ0) is 18.2. The standard InChI is InChI=1S/C21H25Cl2NO/c1-4-21(25)13(2)19(15-5-9-17(22)10-6-15)24-20(14(21)3)16-7-11-18(23)12-8-16/h5-14,19-20,24-25H,4H2,1-3H3/t13-,14-,19-,20+,21?/m1/s1. The summed E-state index contributed by atoms with van der Waals surface area (Å²) in [7, 11) is 0. The monoisotopic (exact) mass is 377 g/mol. The highest BCUT2D eigenvalue weighted by Gasteiger charge is 2.49. The van der Waals surface area contributed by atoms with Gasteiger partial charge in [0.25, 0.3) is 0 Å². The van der Waals surface area contributed by atoms with Gasteiger partial charge in [0.2, 0.25) is 0 Å². The van der Waals surface area contributed by atoms with Crippen LogP contribution in [0.25, 0.3) is 0 Å². The number of hydrogen-bond donors (Lipinski definition) is 2. The van der Waals surface area contributed by atoms with Crippen molar-refractivity contribution in [3.63, 3.8) is 0 Å². The maximum absolute atomic E-state index is 11.5. The molecule has 1 unspecified atom stereocenters. The Kier molecular flexibility index (Phi) is 5.45. The Hall–Kier alpha value is -1.06. The Labute approximate surface area is 160 Å². The molecule has 3 rings (SSSR count). The van der Waals surface area contributed by atoms with E-state index in [2.05, 4.69) is 26.1 Å². The first-order valence-electron chi connectivity index (χ1n) is 8.86. The van der Waals surface area contributed by atoms with E-state index in [0.29, 0.717) is 6.42 Å². The fourth-order valence-electron chi connectivity index (χ4n) is 4.23. The molecular formula is C21H25Cl2NO. The molecule has 2 aromatic rings. The molecule has 1 aliphatic rings. The first-order valence-corrected chi connectivity index (χ1v) is 9.61. The molecule has 0 radical (unpaired) electrons. The molecule has 0 aliphatic carbocycles. The van der Waals surface area contributed by atoms with Gasteiger partial charge in [-0.3, -0.25) is 0 Å². The Bertz CT molecular complexity index is 656. The molecule has 0 amide bonds. The van der Waals surface area contributed by atoms with E-state index in [1.807, 2.05) is 48.5 Å². The lowest BCUT2D eigenvalue weighted by molar-refractivity contribution is -0.113. The van der Waals surface area contributed by atoms with E-state index in [4.69, 9.17) is 23.2 Å². The minimum absolute atomic E-state index is 0.0547. The minimum atomic E-state index is -0.750. The maximum atomic E-state index is 11.5. The van der Waals surface area contributed by atoms with Gasteiger partial charge in [-0.25, -0.2) is 0 Å². The average molecular weight is 378 g/mol. The molecule has 0 saturated carbocycles. The SMILES string of the molecule is CCC1(O)[C@H](C)[C@@H](c2ccc(Cl)cc2)N[C@@H](c2ccc(Cl)cc2)[C@H]1C. The Balaban J connectivity index is 2.01. The zero-order valence-electron chi connectivity index (χ0n) is 14.8. The normalized spacial score (nSPS) is 32.6. The van der Waals surface area contributed by atoms with E-state index in [1.165, 1.54) is 0 Å². The molecule has 134 valence electrons. The summed E-state index contributed by atoms with van der Waals surface area (Å²) in [6.07, 6.45) is 0.713. The number of piperidine rings is 1. The van der Waals surface area contributed by atoms with Crippen LogP contribution in [0.3, 0.4) is 0 Å². The highest BCUT2D eigenvalue weighted by Crippen LogP contribution is 2.48. The molecule has 2 aromatic carbocycles. The van der Waals surface area contributed by atoms with Gasteiger partial charge in [-0.05, 0) is 41.8 Å². The fourth-order valence-corrected chi connectivity index (χ4v) is 4.48. The zero-order valence-corrected chi connectivity index (χ0v) is 16.4. The molecule has 4 heteroatoms. The van der Waals surface area contributed by atoms with Crippen LogP contribution in [0.15, 0.2) is 48.5 Å². The van der Waals surface area contributed by atoms with Gasteiger partial charge in [-0.1, -0.05) is 68.2 Å². The van der Waals surface area contributed by atoms with Crippen molar-refractivity contribution < 1.29 is 5.11 Å². The number of hydrogen-bond acceptors (Lipinski definition) is 2. The van der Waals surface area contributed by atoms with Gasteiger partial charge >= 0.3 is 0 Å². The van der Waals surface area contributed by atoms with Gasteiger partial charge in [-0.15, -0.1) is 0 Å². The number of rotatable bonds is 3. The molecule has 1 saturated heterocycles. The van der Waals surface area contributed by atoms with Gasteiger partial charge in [0.05, 0.1) is 5.60 Å². The van der Waals surface area contributed by atoms with Crippen molar-refractivity contribution in [2.75, 3.05) is 0 Å². The molecular weight excluding hydrogens is 353 g/mol. The maximum Gasteiger partial charge on any atom is 0.0732 e. The van der Waals surface area contributed by atoms with Crippen molar-refractivity contribution in [2.24, 2.45) is 11.8 Å². The number of halogens is 2. The molecule has 1 fully saturated rings. The lowest BCUT2D eigenvalue weighted by atomic mass is 9.65. The first kappa shape index (κ1) is 18.7. The van der Waals surface area contributed by atoms with Crippen LogP contribution in [-0.4, -0.2) is 10.7 Å². The Morgan fingerprint density at radius 1 is 0.840 bits per heavy atom. The molecule has 1 aliphatic heterocycles. The van der Waals surface area contributed by atoms with E-state index >= 15 is 0 Å². The summed E-state index contributed by atoms with van der Waals surface area (Å²) in [6, 6.07) is 15.9. The largest absolute Gasteiger partial charge is 0.389 e. The summed E-state index contributed by atoms with van der Waals surface area (Å²) in [6.45, 7) is 6.32. The topological polar surface area (TPSA) is 32.3 Å². The van der Waals surface area contributed by atoms with Crippen LogP contribution in [0.2, 0.25) is 10.0 Å². The van der Waals surface area contributed by atoms with Crippen LogP contribution in [-0.2, 0) is 0 Å². The second-order valence-electron chi connectivity index (χ2n) is 7.15. The van der Waals surface area contributed by atoms with Crippen LogP contribution in [0.4, 0.5) is 0 Å². The summed E-state index contributed by atoms with van der Waals surface area (Å²) in [5.74, 6) is 0.162. The molecule has 2 nitrogen and oxygen atoms in total. The first-order chi connectivity index (χ1) is 11.9. The number of aliphatic hydroxyl groups is 1. The van der Waals surface area contributed by atoms with E-state index in [-0.39, 0.29) is 23.9 Å². The van der Waals surface area contributed by atoms with E-state index in [9.17, 15) is 5.11 Å². The van der Waals surface area contributed by atoms with Crippen molar-refractivity contribution in [3.05, 3.63) is 69.7 Å². The second-order valence-corrected chi connectivity index (χ2v) is 8.02. The number of benzene rings is 2. The molecule has 2 N–H and O–H groups in total. The van der Waals surface area contributed by atoms with Crippen LogP contribution in [0.1, 0.15) is 50.4 Å². The smallest absolute Gasteiger partial charge is 0.0732 e. The second kappa shape index (κ2) is 7.28. The summed E-state index contributed by atoms with van der Waals surface area (Å²) < 4.78 is 0. The number of nitrogens with one attached hydrogen (secondary N) is 1. The molecule has 0 spiro atoms. The fraction of sp³-hybridized carbons (Fsp3) is 0.429. The molecule has 0 aromatic heterocycles. The van der Waals surface area contributed by atoms with Crippen molar-refractivity contribution >= 4 is 23.2 Å². The summed E-state index contributed by atoms with van der Waals surface area (Å²) >= 11 is 12.1. The highest BCUT2D eigenvalue weighted by atomic mass is 35.5. The third kappa shape index (κ3) is 3.46. The van der Waals surface area contributed by atoms with Gasteiger partial charge < -0.3 is 10.4 Å².